The molecule has 0 aliphatic heterocycles. The zero-order chi connectivity index (χ0) is 19.1. The lowest BCUT2D eigenvalue weighted by atomic mass is 10.0. The molecule has 0 bridgehead atoms. The molecule has 0 aliphatic rings. The van der Waals surface area contributed by atoms with Gasteiger partial charge in [-0.25, -0.2) is 0 Å². The Morgan fingerprint density at radius 2 is 1.19 bits per heavy atom. The molecule has 138 valence electrons. The van der Waals surface area contributed by atoms with Crippen LogP contribution in [0.2, 0.25) is 0 Å². The van der Waals surface area contributed by atoms with Crippen LogP contribution in [0.4, 0.5) is 13.2 Å². The highest BCUT2D eigenvalue weighted by atomic mass is 32.2. The number of benzene rings is 3. The fourth-order valence-corrected chi connectivity index (χ4v) is 3.33. The van der Waals surface area contributed by atoms with Gasteiger partial charge in [-0.3, -0.25) is 4.99 Å². The molecule has 1 unspecified atom stereocenters. The Morgan fingerprint density at radius 1 is 0.741 bits per heavy atom. The molecule has 0 spiro atoms. The molecule has 27 heavy (non-hydrogen) atoms. The second-order valence-corrected chi connectivity index (χ2v) is 6.98. The Labute approximate surface area is 161 Å². The number of aliphatic imine (C=N–C) groups is 1. The topological polar surface area (TPSA) is 12.4 Å². The second-order valence-electron chi connectivity index (χ2n) is 5.89. The Balaban J connectivity index is 2.05. The molecule has 0 aromatic heterocycles. The van der Waals surface area contributed by atoms with Crippen molar-refractivity contribution in [2.24, 2.45) is 4.99 Å². The van der Waals surface area contributed by atoms with Crippen molar-refractivity contribution in [2.75, 3.05) is 5.75 Å². The molecule has 5 heteroatoms. The minimum atomic E-state index is -4.29. The van der Waals surface area contributed by atoms with E-state index in [-0.39, 0.29) is 17.5 Å². The number of thioether (sulfide) groups is 1. The van der Waals surface area contributed by atoms with Crippen LogP contribution in [0.25, 0.3) is 0 Å². The minimum Gasteiger partial charge on any atom is -0.275 e. The summed E-state index contributed by atoms with van der Waals surface area (Å²) in [5.41, 5.74) is -1.09. The summed E-state index contributed by atoms with van der Waals surface area (Å²) in [6.07, 6.45) is 0. The molecule has 1 nitrogen and oxygen atoms in total. The number of alkyl halides is 3. The highest BCUT2D eigenvalue weighted by Crippen LogP contribution is 2.35. The Morgan fingerprint density at radius 3 is 1.63 bits per heavy atom. The van der Waals surface area contributed by atoms with Crippen molar-refractivity contribution in [3.05, 3.63) is 108 Å². The van der Waals surface area contributed by atoms with Crippen molar-refractivity contribution in [3.63, 3.8) is 0 Å². The smallest absolute Gasteiger partial charge is 0.275 e. The van der Waals surface area contributed by atoms with E-state index in [2.05, 4.69) is 0 Å². The maximum atomic E-state index is 12.8. The van der Waals surface area contributed by atoms with E-state index in [1.807, 2.05) is 91.0 Å². The monoisotopic (exact) mass is 385 g/mol. The molecule has 0 heterocycles. The number of nitrogens with zero attached hydrogens (tertiary/aromatic N) is 1. The maximum Gasteiger partial charge on any atom is 0.441 e. The molecule has 0 amide bonds. The number of hydrogen-bond donors (Lipinski definition) is 0. The highest BCUT2D eigenvalue weighted by molar-refractivity contribution is 8.00. The van der Waals surface area contributed by atoms with Crippen LogP contribution in [0.3, 0.4) is 0 Å². The molecule has 0 saturated carbocycles. The molecule has 3 aromatic rings. The molecule has 3 rings (SSSR count). The fourth-order valence-electron chi connectivity index (χ4n) is 2.72. The van der Waals surface area contributed by atoms with Crippen LogP contribution in [0.1, 0.15) is 22.7 Å². The summed E-state index contributed by atoms with van der Waals surface area (Å²) in [5.74, 6) is -0.170. The number of hydrogen-bond acceptors (Lipinski definition) is 2. The van der Waals surface area contributed by atoms with E-state index >= 15 is 0 Å². The molecule has 0 saturated heterocycles. The Hall–Kier alpha value is -2.53. The van der Waals surface area contributed by atoms with Crippen LogP contribution in [-0.4, -0.2) is 17.0 Å². The summed E-state index contributed by atoms with van der Waals surface area (Å²) >= 11 is -0.0382. The van der Waals surface area contributed by atoms with Crippen molar-refractivity contribution in [1.29, 1.82) is 0 Å². The third-order valence-corrected chi connectivity index (χ3v) is 4.78. The van der Waals surface area contributed by atoms with Gasteiger partial charge in [-0.15, -0.1) is 0 Å². The molecular formula is C22H18F3NS. The maximum absolute atomic E-state index is 12.8. The van der Waals surface area contributed by atoms with Gasteiger partial charge in [0.1, 0.15) is 0 Å². The predicted molar refractivity (Wildman–Crippen MR) is 106 cm³/mol. The first-order valence-corrected chi connectivity index (χ1v) is 9.46. The number of rotatable bonds is 6. The molecular weight excluding hydrogens is 367 g/mol. The average Bonchev–Trinajstić information content (AvgIpc) is 2.69. The standard InChI is InChI=1S/C22H18F3NS/c23-22(24,25)27-16-20(17-10-4-1-5-11-17)26-21(18-12-6-2-7-13-18)19-14-8-3-9-15-19/h1-15,20H,16H2. The van der Waals surface area contributed by atoms with Crippen LogP contribution in [0, 0.1) is 0 Å². The lowest BCUT2D eigenvalue weighted by Crippen LogP contribution is -2.11. The summed E-state index contributed by atoms with van der Waals surface area (Å²) in [4.78, 5) is 4.79. The summed E-state index contributed by atoms with van der Waals surface area (Å²) in [7, 11) is 0. The van der Waals surface area contributed by atoms with E-state index in [4.69, 9.17) is 4.99 Å². The van der Waals surface area contributed by atoms with E-state index in [9.17, 15) is 13.2 Å². The van der Waals surface area contributed by atoms with Gasteiger partial charge in [0.25, 0.3) is 0 Å². The average molecular weight is 385 g/mol. The van der Waals surface area contributed by atoms with Gasteiger partial charge in [0.2, 0.25) is 0 Å². The van der Waals surface area contributed by atoms with Crippen LogP contribution >= 0.6 is 11.8 Å². The normalized spacial score (nSPS) is 12.4. The predicted octanol–water partition coefficient (Wildman–Crippen LogP) is 6.52. The van der Waals surface area contributed by atoms with Crippen molar-refractivity contribution >= 4 is 17.5 Å². The van der Waals surface area contributed by atoms with Crippen molar-refractivity contribution in [3.8, 4) is 0 Å². The lowest BCUT2D eigenvalue weighted by molar-refractivity contribution is -0.0328. The van der Waals surface area contributed by atoms with Gasteiger partial charge in [0.15, 0.2) is 0 Å². The zero-order valence-corrected chi connectivity index (χ0v) is 15.3. The van der Waals surface area contributed by atoms with Crippen molar-refractivity contribution < 1.29 is 13.2 Å². The first kappa shape index (κ1) is 19.2. The molecule has 0 N–H and O–H groups in total. The molecule has 0 radical (unpaired) electrons. The van der Waals surface area contributed by atoms with Crippen LogP contribution < -0.4 is 0 Å². The zero-order valence-electron chi connectivity index (χ0n) is 14.4. The second kappa shape index (κ2) is 8.91. The van der Waals surface area contributed by atoms with Gasteiger partial charge >= 0.3 is 5.51 Å². The fraction of sp³-hybridized carbons (Fsp3) is 0.136. The van der Waals surface area contributed by atoms with E-state index in [1.54, 1.807) is 0 Å². The Kier molecular flexibility index (Phi) is 6.35. The summed E-state index contributed by atoms with van der Waals surface area (Å²) in [6, 6.07) is 27.6. The highest BCUT2D eigenvalue weighted by Gasteiger charge is 2.30. The van der Waals surface area contributed by atoms with Crippen LogP contribution in [0.5, 0.6) is 0 Å². The number of halogens is 3. The first-order chi connectivity index (χ1) is 13.0. The summed E-state index contributed by atoms with van der Waals surface area (Å²) in [6.45, 7) is 0. The largest absolute Gasteiger partial charge is 0.441 e. The lowest BCUT2D eigenvalue weighted by Gasteiger charge is -2.17. The SMILES string of the molecule is FC(F)(F)SCC(N=C(c1ccccc1)c1ccccc1)c1ccccc1. The Bertz CT molecular complexity index is 821. The van der Waals surface area contributed by atoms with E-state index in [1.165, 1.54) is 0 Å². The third-order valence-electron chi connectivity index (χ3n) is 3.97. The van der Waals surface area contributed by atoms with Gasteiger partial charge in [-0.1, -0.05) is 91.0 Å². The molecule has 3 aromatic carbocycles. The first-order valence-electron chi connectivity index (χ1n) is 8.47. The van der Waals surface area contributed by atoms with Gasteiger partial charge in [0.05, 0.1) is 11.8 Å². The van der Waals surface area contributed by atoms with E-state index in [0.717, 1.165) is 16.7 Å². The quantitative estimate of drug-likeness (QED) is 0.440. The molecule has 1 atom stereocenters. The molecule has 0 aliphatic carbocycles. The van der Waals surface area contributed by atoms with Gasteiger partial charge in [-0.2, -0.15) is 13.2 Å². The molecule has 0 fully saturated rings. The van der Waals surface area contributed by atoms with Crippen molar-refractivity contribution in [1.82, 2.24) is 0 Å². The van der Waals surface area contributed by atoms with E-state index < -0.39 is 11.6 Å². The summed E-state index contributed by atoms with van der Waals surface area (Å²) in [5, 5.41) is 0. The van der Waals surface area contributed by atoms with Crippen molar-refractivity contribution in [2.45, 2.75) is 11.6 Å². The van der Waals surface area contributed by atoms with Crippen LogP contribution in [-0.2, 0) is 0 Å². The van der Waals surface area contributed by atoms with Gasteiger partial charge < -0.3 is 0 Å². The third kappa shape index (κ3) is 5.73. The van der Waals surface area contributed by atoms with Gasteiger partial charge in [0, 0.05) is 16.9 Å². The minimum absolute atomic E-state index is 0.0382. The van der Waals surface area contributed by atoms with Gasteiger partial charge in [-0.05, 0) is 17.3 Å². The summed E-state index contributed by atoms with van der Waals surface area (Å²) < 4.78 is 38.5. The van der Waals surface area contributed by atoms with E-state index in [0.29, 0.717) is 5.71 Å². The van der Waals surface area contributed by atoms with Crippen LogP contribution in [0.15, 0.2) is 96.0 Å².